The molecule has 11 heteroatoms. The summed E-state index contributed by atoms with van der Waals surface area (Å²) >= 11 is 2.61. The molecule has 1 aromatic carbocycles. The average molecular weight is 548 g/mol. The van der Waals surface area contributed by atoms with Gasteiger partial charge in [-0.1, -0.05) is 34.4 Å². The molecule has 34 heavy (non-hydrogen) atoms. The number of piperidine rings is 1. The third kappa shape index (κ3) is 7.32. The molecule has 2 heterocycles. The van der Waals surface area contributed by atoms with Crippen LogP contribution >= 0.6 is 48.1 Å². The van der Waals surface area contributed by atoms with Crippen LogP contribution in [-0.2, 0) is 9.59 Å². The van der Waals surface area contributed by atoms with Gasteiger partial charge in [0.25, 0.3) is 0 Å². The lowest BCUT2D eigenvalue weighted by Gasteiger charge is -2.38. The van der Waals surface area contributed by atoms with E-state index < -0.39 is 6.04 Å². The summed E-state index contributed by atoms with van der Waals surface area (Å²) in [4.78, 5) is 29.7. The van der Waals surface area contributed by atoms with Gasteiger partial charge in [0.15, 0.2) is 5.78 Å². The van der Waals surface area contributed by atoms with Crippen molar-refractivity contribution in [1.29, 1.82) is 0 Å². The zero-order valence-corrected chi connectivity index (χ0v) is 22.3. The summed E-state index contributed by atoms with van der Waals surface area (Å²) in [5.41, 5.74) is 2.20. The summed E-state index contributed by atoms with van der Waals surface area (Å²) in [7, 11) is 3.75. The minimum Gasteiger partial charge on any atom is -0.302 e. The molecule has 0 amide bonds. The van der Waals surface area contributed by atoms with Crippen molar-refractivity contribution in [1.82, 2.24) is 19.4 Å². The Morgan fingerprint density at radius 3 is 2.62 bits per heavy atom. The Balaban J connectivity index is 0.00000204. The highest BCUT2D eigenvalue weighted by molar-refractivity contribution is 8.14. The maximum absolute atomic E-state index is 14.7. The standard InChI is InChI=1S/C23H27FN4O2S2.2ClH/c1-27(2)13-21(29)32-20-9-10-28(12-16(20)11-17-14-31-26-25-17)22(23(30)15-7-8-15)18-5-3-4-6-19(18)24;;/h3-6,11,14-15,20,22H,7-10,12-13H2,1-2H3;2*1H/b16-11+;;. The normalized spacial score (nSPS) is 20.5. The van der Waals surface area contributed by atoms with Crippen molar-refractivity contribution < 1.29 is 14.0 Å². The van der Waals surface area contributed by atoms with Crippen molar-refractivity contribution in [3.63, 3.8) is 0 Å². The van der Waals surface area contributed by atoms with Gasteiger partial charge < -0.3 is 4.90 Å². The molecular weight excluding hydrogens is 518 g/mol. The van der Waals surface area contributed by atoms with E-state index in [2.05, 4.69) is 14.5 Å². The van der Waals surface area contributed by atoms with Crippen LogP contribution in [0.2, 0.25) is 0 Å². The smallest absolute Gasteiger partial charge is 0.203 e. The summed E-state index contributed by atoms with van der Waals surface area (Å²) in [6, 6.07) is 5.96. The SMILES string of the molecule is CN(C)CC(=O)SC1CCN(C(C(=O)C2CC2)c2ccccc2F)C/C1=C\c1csnn1.Cl.Cl. The number of halogens is 3. The van der Waals surface area contributed by atoms with E-state index in [0.29, 0.717) is 31.6 Å². The second-order valence-electron chi connectivity index (χ2n) is 8.63. The molecule has 0 spiro atoms. The fourth-order valence-electron chi connectivity index (χ4n) is 4.07. The Hall–Kier alpha value is -1.36. The fourth-order valence-corrected chi connectivity index (χ4v) is 5.65. The van der Waals surface area contributed by atoms with Crippen LogP contribution in [0.5, 0.6) is 0 Å². The molecule has 2 unspecified atom stereocenters. The first-order valence-corrected chi connectivity index (χ1v) is 12.5. The van der Waals surface area contributed by atoms with Crippen molar-refractivity contribution in [3.05, 3.63) is 52.3 Å². The van der Waals surface area contributed by atoms with E-state index in [9.17, 15) is 14.0 Å². The third-order valence-electron chi connectivity index (χ3n) is 5.72. The Bertz CT molecular complexity index is 1000. The number of aromatic nitrogens is 2. The number of Topliss-reactive ketones (excluding diaryl/α,β-unsaturated/α-hetero) is 1. The van der Waals surface area contributed by atoms with Crippen molar-refractivity contribution in [2.24, 2.45) is 5.92 Å². The lowest BCUT2D eigenvalue weighted by atomic mass is 9.93. The zero-order chi connectivity index (χ0) is 22.7. The Kier molecular flexibility index (Phi) is 11.1. The summed E-state index contributed by atoms with van der Waals surface area (Å²) in [5, 5.41) is 6.10. The van der Waals surface area contributed by atoms with Gasteiger partial charge in [-0.15, -0.1) is 29.9 Å². The van der Waals surface area contributed by atoms with Crippen LogP contribution in [0.3, 0.4) is 0 Å². The number of carbonyl (C=O) groups is 2. The lowest BCUT2D eigenvalue weighted by Crippen LogP contribution is -2.43. The summed E-state index contributed by atoms with van der Waals surface area (Å²) in [6.45, 7) is 1.48. The predicted molar refractivity (Wildman–Crippen MR) is 140 cm³/mol. The van der Waals surface area contributed by atoms with Gasteiger partial charge in [0, 0.05) is 35.2 Å². The number of likely N-dealkylation sites (tertiary alicyclic amines) is 1. The number of carbonyl (C=O) groups excluding carboxylic acids is 2. The Morgan fingerprint density at radius 1 is 1.26 bits per heavy atom. The molecule has 0 radical (unpaired) electrons. The topological polar surface area (TPSA) is 66.4 Å². The minimum absolute atomic E-state index is 0. The molecular formula is C23H29Cl2FN4O2S2. The first-order valence-electron chi connectivity index (χ1n) is 10.8. The molecule has 4 rings (SSSR count). The number of ketones is 1. The molecule has 0 bridgehead atoms. The second-order valence-corrected chi connectivity index (χ2v) is 10.5. The average Bonchev–Trinajstić information content (AvgIpc) is 3.48. The van der Waals surface area contributed by atoms with Gasteiger partial charge in [-0.25, -0.2) is 4.39 Å². The highest BCUT2D eigenvalue weighted by atomic mass is 35.5. The van der Waals surface area contributed by atoms with E-state index >= 15 is 0 Å². The van der Waals surface area contributed by atoms with E-state index in [4.69, 9.17) is 0 Å². The molecule has 1 aromatic heterocycles. The third-order valence-corrected chi connectivity index (χ3v) is 7.46. The molecule has 0 N–H and O–H groups in total. The maximum atomic E-state index is 14.7. The van der Waals surface area contributed by atoms with Gasteiger partial charge in [0.05, 0.1) is 18.3 Å². The van der Waals surface area contributed by atoms with Gasteiger partial charge in [-0.3, -0.25) is 14.5 Å². The van der Waals surface area contributed by atoms with Crippen molar-refractivity contribution in [2.45, 2.75) is 30.6 Å². The van der Waals surface area contributed by atoms with Crippen LogP contribution in [0.15, 0.2) is 35.2 Å². The van der Waals surface area contributed by atoms with E-state index in [-0.39, 0.29) is 52.7 Å². The summed E-state index contributed by atoms with van der Waals surface area (Å²) in [5.74, 6) is -0.235. The highest BCUT2D eigenvalue weighted by Crippen LogP contribution is 2.40. The molecule has 1 saturated heterocycles. The first-order chi connectivity index (χ1) is 15.4. The van der Waals surface area contributed by atoms with Crippen LogP contribution < -0.4 is 0 Å². The van der Waals surface area contributed by atoms with Gasteiger partial charge in [0.2, 0.25) is 5.12 Å². The molecule has 6 nitrogen and oxygen atoms in total. The molecule has 186 valence electrons. The monoisotopic (exact) mass is 546 g/mol. The number of rotatable bonds is 8. The van der Waals surface area contributed by atoms with Gasteiger partial charge in [0.1, 0.15) is 5.82 Å². The number of hydrogen-bond donors (Lipinski definition) is 0. The molecule has 1 saturated carbocycles. The van der Waals surface area contributed by atoms with E-state index in [1.54, 1.807) is 18.2 Å². The number of likely N-dealkylation sites (N-methyl/N-ethyl adjacent to an activating group) is 1. The minimum atomic E-state index is -0.607. The van der Waals surface area contributed by atoms with Gasteiger partial charge >= 0.3 is 0 Å². The highest BCUT2D eigenvalue weighted by Gasteiger charge is 2.41. The molecule has 2 atom stereocenters. The molecule has 2 fully saturated rings. The maximum Gasteiger partial charge on any atom is 0.203 e. The molecule has 1 aliphatic heterocycles. The summed E-state index contributed by atoms with van der Waals surface area (Å²) < 4.78 is 18.7. The van der Waals surface area contributed by atoms with Crippen molar-refractivity contribution in [3.8, 4) is 0 Å². The number of nitrogens with zero attached hydrogens (tertiary/aromatic N) is 4. The van der Waals surface area contributed by atoms with E-state index in [0.717, 1.165) is 24.1 Å². The Labute approximate surface area is 220 Å². The number of benzene rings is 1. The number of thioether (sulfide) groups is 1. The van der Waals surface area contributed by atoms with Crippen LogP contribution in [-0.4, -0.2) is 69.3 Å². The lowest BCUT2D eigenvalue weighted by molar-refractivity contribution is -0.126. The molecule has 2 aliphatic rings. The molecule has 1 aliphatic carbocycles. The second kappa shape index (κ2) is 13.1. The summed E-state index contributed by atoms with van der Waals surface area (Å²) in [6.07, 6.45) is 4.43. The largest absolute Gasteiger partial charge is 0.302 e. The van der Waals surface area contributed by atoms with Crippen LogP contribution in [0.4, 0.5) is 4.39 Å². The predicted octanol–water partition coefficient (Wildman–Crippen LogP) is 4.52. The quantitative estimate of drug-likeness (QED) is 0.482. The fraction of sp³-hybridized carbons (Fsp3) is 0.478. The number of hydrogen-bond acceptors (Lipinski definition) is 8. The van der Waals surface area contributed by atoms with Crippen LogP contribution in [0.1, 0.15) is 36.6 Å². The van der Waals surface area contributed by atoms with Gasteiger partial charge in [-0.05, 0) is 62.6 Å². The van der Waals surface area contributed by atoms with Crippen molar-refractivity contribution >= 4 is 65.1 Å². The van der Waals surface area contributed by atoms with Crippen LogP contribution in [0.25, 0.3) is 6.08 Å². The Morgan fingerprint density at radius 2 is 2.00 bits per heavy atom. The zero-order valence-electron chi connectivity index (χ0n) is 19.1. The molecule has 2 aromatic rings. The van der Waals surface area contributed by atoms with Crippen molar-refractivity contribution in [2.75, 3.05) is 33.7 Å². The van der Waals surface area contributed by atoms with E-state index in [1.807, 2.05) is 30.5 Å². The van der Waals surface area contributed by atoms with Crippen LogP contribution in [0, 0.1) is 11.7 Å². The van der Waals surface area contributed by atoms with E-state index in [1.165, 1.54) is 29.4 Å². The van der Waals surface area contributed by atoms with Gasteiger partial charge in [-0.2, -0.15) is 0 Å². The first kappa shape index (κ1) is 28.9.